The molecule has 1 amide bonds. The largest absolute Gasteiger partial charge is 0.466 e. The Morgan fingerprint density at radius 1 is 1.00 bits per heavy atom. The Kier molecular flexibility index (Phi) is 7.04. The van der Waals surface area contributed by atoms with Crippen LogP contribution in [0.3, 0.4) is 0 Å². The van der Waals surface area contributed by atoms with Gasteiger partial charge in [0.15, 0.2) is 0 Å². The van der Waals surface area contributed by atoms with Gasteiger partial charge in [-0.15, -0.1) is 0 Å². The lowest BCUT2D eigenvalue weighted by Crippen LogP contribution is -2.55. The summed E-state index contributed by atoms with van der Waals surface area (Å²) in [6.45, 7) is 5.05. The highest BCUT2D eigenvalue weighted by Crippen LogP contribution is 2.35. The molecular weight excluding hydrogens is 411 g/mol. The zero-order valence-electron chi connectivity index (χ0n) is 16.5. The van der Waals surface area contributed by atoms with Gasteiger partial charge in [0.05, 0.1) is 12.6 Å². The molecule has 0 aliphatic carbocycles. The van der Waals surface area contributed by atoms with Crippen molar-refractivity contribution in [3.63, 3.8) is 0 Å². The lowest BCUT2D eigenvalue weighted by molar-refractivity contribution is -0.149. The summed E-state index contributed by atoms with van der Waals surface area (Å²) in [7, 11) is 0. The average Bonchev–Trinajstić information content (AvgIpc) is 2.69. The van der Waals surface area contributed by atoms with Gasteiger partial charge in [0.1, 0.15) is 6.42 Å². The van der Waals surface area contributed by atoms with E-state index >= 15 is 0 Å². The van der Waals surface area contributed by atoms with Crippen LogP contribution in [0.2, 0.25) is 10.0 Å². The Morgan fingerprint density at radius 2 is 1.59 bits per heavy atom. The molecule has 0 spiro atoms. The molecule has 0 unspecified atom stereocenters. The molecule has 1 saturated heterocycles. The Labute approximate surface area is 181 Å². The highest BCUT2D eigenvalue weighted by Gasteiger charge is 2.35. The molecule has 1 aliphatic heterocycles. The van der Waals surface area contributed by atoms with Crippen LogP contribution in [0.5, 0.6) is 0 Å². The number of carbonyl (C=O) groups excluding carboxylic acids is 2. The number of hydrogen-bond acceptors (Lipinski definition) is 4. The summed E-state index contributed by atoms with van der Waals surface area (Å²) < 4.78 is 4.93. The van der Waals surface area contributed by atoms with E-state index in [0.29, 0.717) is 23.1 Å². The lowest BCUT2D eigenvalue weighted by Gasteiger charge is -2.47. The van der Waals surface area contributed by atoms with E-state index in [-0.39, 0.29) is 31.0 Å². The molecule has 0 N–H and O–H groups in total. The van der Waals surface area contributed by atoms with Gasteiger partial charge in [-0.1, -0.05) is 35.3 Å². The molecule has 154 valence electrons. The summed E-state index contributed by atoms with van der Waals surface area (Å²) in [5.74, 6) is -0.710. The van der Waals surface area contributed by atoms with Crippen molar-refractivity contribution >= 4 is 40.8 Å². The number of halogens is 2. The maximum Gasteiger partial charge on any atom is 0.315 e. The molecule has 2 atom stereocenters. The predicted molar refractivity (Wildman–Crippen MR) is 115 cm³/mol. The van der Waals surface area contributed by atoms with Crippen LogP contribution < -0.4 is 4.90 Å². The maximum atomic E-state index is 12.7. The Balaban J connectivity index is 1.89. The van der Waals surface area contributed by atoms with Crippen molar-refractivity contribution in [3.8, 4) is 0 Å². The van der Waals surface area contributed by atoms with Crippen molar-refractivity contribution in [3.05, 3.63) is 64.1 Å². The Morgan fingerprint density at radius 3 is 2.17 bits per heavy atom. The van der Waals surface area contributed by atoms with Crippen LogP contribution in [0, 0.1) is 0 Å². The normalized spacial score (nSPS) is 19.2. The van der Waals surface area contributed by atoms with Gasteiger partial charge < -0.3 is 14.5 Å². The van der Waals surface area contributed by atoms with E-state index < -0.39 is 5.97 Å². The number of carbonyl (C=O) groups is 2. The van der Waals surface area contributed by atoms with Crippen molar-refractivity contribution in [2.45, 2.75) is 32.4 Å². The minimum Gasteiger partial charge on any atom is -0.466 e. The van der Waals surface area contributed by atoms with E-state index in [1.807, 2.05) is 48.5 Å². The monoisotopic (exact) mass is 434 g/mol. The standard InChI is InChI=1S/C22H24Cl2N2O3/c1-3-29-22(28)12-21(27)25-13-15(2)26(19-10-8-18(24)9-11-19)20(14-25)16-4-6-17(23)7-5-16/h4-11,15,20H,3,12-14H2,1-2H3/t15-,20-/m0/s1. The molecule has 0 radical (unpaired) electrons. The second-order valence-electron chi connectivity index (χ2n) is 7.08. The summed E-state index contributed by atoms with van der Waals surface area (Å²) in [5, 5.41) is 1.33. The molecule has 3 rings (SSSR count). The first-order chi connectivity index (χ1) is 13.9. The molecule has 2 aromatic rings. The van der Waals surface area contributed by atoms with Gasteiger partial charge in [-0.05, 0) is 55.8 Å². The number of benzene rings is 2. The molecule has 5 nitrogen and oxygen atoms in total. The summed E-state index contributed by atoms with van der Waals surface area (Å²) >= 11 is 12.1. The topological polar surface area (TPSA) is 49.9 Å². The second kappa shape index (κ2) is 9.51. The number of ether oxygens (including phenoxy) is 1. The molecular formula is C22H24Cl2N2O3. The number of nitrogens with zero attached hydrogens (tertiary/aromatic N) is 2. The number of esters is 1. The van der Waals surface area contributed by atoms with Crippen LogP contribution in [0.1, 0.15) is 31.9 Å². The van der Waals surface area contributed by atoms with E-state index in [9.17, 15) is 9.59 Å². The summed E-state index contributed by atoms with van der Waals surface area (Å²) in [4.78, 5) is 28.5. The third kappa shape index (κ3) is 5.22. The summed E-state index contributed by atoms with van der Waals surface area (Å²) in [5.41, 5.74) is 2.07. The molecule has 7 heteroatoms. The van der Waals surface area contributed by atoms with Crippen molar-refractivity contribution in [1.29, 1.82) is 0 Å². The zero-order valence-corrected chi connectivity index (χ0v) is 18.0. The Hall–Kier alpha value is -2.24. The van der Waals surface area contributed by atoms with Crippen molar-refractivity contribution in [2.24, 2.45) is 0 Å². The van der Waals surface area contributed by atoms with E-state index in [1.165, 1.54) is 0 Å². The smallest absolute Gasteiger partial charge is 0.315 e. The van der Waals surface area contributed by atoms with E-state index in [4.69, 9.17) is 27.9 Å². The number of amides is 1. The second-order valence-corrected chi connectivity index (χ2v) is 7.95. The quantitative estimate of drug-likeness (QED) is 0.504. The molecule has 2 aromatic carbocycles. The van der Waals surface area contributed by atoms with Gasteiger partial charge >= 0.3 is 5.97 Å². The average molecular weight is 435 g/mol. The zero-order chi connectivity index (χ0) is 21.0. The molecule has 1 aliphatic rings. The SMILES string of the molecule is CCOC(=O)CC(=O)N1C[C@H](C)N(c2ccc(Cl)cc2)[C@H](c2ccc(Cl)cc2)C1. The van der Waals surface area contributed by atoms with Crippen LogP contribution in [-0.2, 0) is 14.3 Å². The number of hydrogen-bond donors (Lipinski definition) is 0. The highest BCUT2D eigenvalue weighted by atomic mass is 35.5. The first-order valence-corrected chi connectivity index (χ1v) is 10.4. The first kappa shape index (κ1) is 21.5. The van der Waals surface area contributed by atoms with Gasteiger partial charge in [0, 0.05) is 34.9 Å². The number of rotatable bonds is 5. The van der Waals surface area contributed by atoms with Crippen molar-refractivity contribution in [1.82, 2.24) is 4.90 Å². The molecule has 1 fully saturated rings. The third-order valence-corrected chi connectivity index (χ3v) is 5.53. The molecule has 29 heavy (non-hydrogen) atoms. The van der Waals surface area contributed by atoms with E-state index in [1.54, 1.807) is 11.8 Å². The van der Waals surface area contributed by atoms with E-state index in [2.05, 4.69) is 11.8 Å². The molecule has 0 saturated carbocycles. The molecule has 0 aromatic heterocycles. The van der Waals surface area contributed by atoms with Crippen LogP contribution >= 0.6 is 23.2 Å². The van der Waals surface area contributed by atoms with Crippen molar-refractivity contribution in [2.75, 3.05) is 24.6 Å². The minimum absolute atomic E-state index is 0.0387. The van der Waals surface area contributed by atoms with Gasteiger partial charge in [0.2, 0.25) is 5.91 Å². The fourth-order valence-electron chi connectivity index (χ4n) is 3.73. The van der Waals surface area contributed by atoms with Crippen LogP contribution in [0.25, 0.3) is 0 Å². The molecule has 1 heterocycles. The van der Waals surface area contributed by atoms with Gasteiger partial charge in [-0.3, -0.25) is 9.59 Å². The van der Waals surface area contributed by atoms with Gasteiger partial charge in [-0.2, -0.15) is 0 Å². The van der Waals surface area contributed by atoms with Gasteiger partial charge in [-0.25, -0.2) is 0 Å². The number of piperazine rings is 1. The fraction of sp³-hybridized carbons (Fsp3) is 0.364. The summed E-state index contributed by atoms with van der Waals surface area (Å²) in [6, 6.07) is 15.3. The van der Waals surface area contributed by atoms with Crippen LogP contribution in [0.15, 0.2) is 48.5 Å². The first-order valence-electron chi connectivity index (χ1n) is 9.61. The Bertz CT molecular complexity index is 855. The highest BCUT2D eigenvalue weighted by molar-refractivity contribution is 6.30. The molecule has 0 bridgehead atoms. The summed E-state index contributed by atoms with van der Waals surface area (Å²) in [6.07, 6.45) is -0.241. The number of anilines is 1. The lowest BCUT2D eigenvalue weighted by atomic mass is 9.97. The maximum absolute atomic E-state index is 12.7. The van der Waals surface area contributed by atoms with Crippen LogP contribution in [0.4, 0.5) is 5.69 Å². The van der Waals surface area contributed by atoms with Gasteiger partial charge in [0.25, 0.3) is 0 Å². The fourth-order valence-corrected chi connectivity index (χ4v) is 3.99. The van der Waals surface area contributed by atoms with Crippen molar-refractivity contribution < 1.29 is 14.3 Å². The minimum atomic E-state index is -0.492. The third-order valence-electron chi connectivity index (χ3n) is 5.02. The van der Waals surface area contributed by atoms with E-state index in [0.717, 1.165) is 11.3 Å². The van der Waals surface area contributed by atoms with Crippen LogP contribution in [-0.4, -0.2) is 42.5 Å². The predicted octanol–water partition coefficient (Wildman–Crippen LogP) is 4.73.